The Hall–Kier alpha value is -3.39. The first-order chi connectivity index (χ1) is 14.1. The highest BCUT2D eigenvalue weighted by atomic mass is 35.5. The van der Waals surface area contributed by atoms with Gasteiger partial charge in [-0.3, -0.25) is 4.98 Å². The van der Waals surface area contributed by atoms with Gasteiger partial charge in [-0.1, -0.05) is 17.7 Å². The van der Waals surface area contributed by atoms with Crippen LogP contribution in [0.5, 0.6) is 11.5 Å². The number of ether oxygens (including phenoxy) is 2. The Morgan fingerprint density at radius 2 is 2.00 bits per heavy atom. The van der Waals surface area contributed by atoms with Crippen LogP contribution in [-0.2, 0) is 13.1 Å². The highest BCUT2D eigenvalue weighted by Gasteiger charge is 2.12. The molecule has 0 saturated carbocycles. The molecule has 0 aliphatic carbocycles. The molecule has 0 amide bonds. The maximum atomic E-state index is 6.09. The van der Waals surface area contributed by atoms with Crippen molar-refractivity contribution in [3.05, 3.63) is 65.1 Å². The molecule has 0 unspecified atom stereocenters. The molecule has 2 aromatic heterocycles. The monoisotopic (exact) mass is 412 g/mol. The van der Waals surface area contributed by atoms with Gasteiger partial charge in [0, 0.05) is 30.4 Å². The average molecular weight is 413 g/mol. The fourth-order valence-electron chi connectivity index (χ4n) is 2.60. The van der Waals surface area contributed by atoms with E-state index in [0.29, 0.717) is 41.8 Å². The zero-order chi connectivity index (χ0) is 20.6. The van der Waals surface area contributed by atoms with Gasteiger partial charge in [0.1, 0.15) is 23.2 Å². The van der Waals surface area contributed by atoms with Crippen LogP contribution in [0.4, 0.5) is 17.2 Å². The second-order valence-electron chi connectivity index (χ2n) is 5.98. The van der Waals surface area contributed by atoms with E-state index in [4.69, 9.17) is 26.8 Å². The largest absolute Gasteiger partial charge is 0.497 e. The molecule has 0 fully saturated rings. The van der Waals surface area contributed by atoms with Gasteiger partial charge in [0.2, 0.25) is 0 Å². The van der Waals surface area contributed by atoms with Crippen LogP contribution >= 0.6 is 11.6 Å². The van der Waals surface area contributed by atoms with Gasteiger partial charge in [0.25, 0.3) is 0 Å². The molecule has 8 nitrogen and oxygen atoms in total. The molecule has 0 spiro atoms. The predicted molar refractivity (Wildman–Crippen MR) is 113 cm³/mol. The molecule has 0 aliphatic rings. The molecule has 0 atom stereocenters. The fraction of sp³-hybridized carbons (Fsp3) is 0.200. The second kappa shape index (κ2) is 9.70. The number of hydrogen-bond acceptors (Lipinski definition) is 8. The van der Waals surface area contributed by atoms with Gasteiger partial charge < -0.3 is 20.5 Å². The first-order valence-electron chi connectivity index (χ1n) is 8.79. The van der Waals surface area contributed by atoms with E-state index in [9.17, 15) is 0 Å². The Labute approximate surface area is 173 Å². The van der Waals surface area contributed by atoms with Crippen LogP contribution in [0.25, 0.3) is 0 Å². The maximum absolute atomic E-state index is 6.09. The van der Waals surface area contributed by atoms with Gasteiger partial charge >= 0.3 is 0 Å². The summed E-state index contributed by atoms with van der Waals surface area (Å²) in [5, 5.41) is 11.9. The van der Waals surface area contributed by atoms with E-state index in [0.717, 1.165) is 11.3 Å². The number of nitrogen functional groups attached to an aromatic ring is 1. The quantitative estimate of drug-likeness (QED) is 0.412. The highest BCUT2D eigenvalue weighted by molar-refractivity contribution is 6.30. The van der Waals surface area contributed by atoms with Crippen LogP contribution in [0.3, 0.4) is 0 Å². The number of nitrogens with two attached hydrogens (primary N) is 1. The first kappa shape index (κ1) is 20.3. The summed E-state index contributed by atoms with van der Waals surface area (Å²) in [5.74, 6) is 1.82. The molecule has 0 saturated heterocycles. The summed E-state index contributed by atoms with van der Waals surface area (Å²) in [6.07, 6.45) is 1.71. The number of methoxy groups -OCH3 is 2. The van der Waals surface area contributed by atoms with Crippen molar-refractivity contribution in [2.24, 2.45) is 10.2 Å². The van der Waals surface area contributed by atoms with Crippen molar-refractivity contribution >= 4 is 28.8 Å². The molecule has 0 radical (unpaired) electrons. The fourth-order valence-corrected chi connectivity index (χ4v) is 2.80. The number of anilines is 2. The van der Waals surface area contributed by atoms with Crippen LogP contribution < -0.4 is 20.5 Å². The van der Waals surface area contributed by atoms with Gasteiger partial charge in [0.05, 0.1) is 25.6 Å². The minimum atomic E-state index is 0.260. The Kier molecular flexibility index (Phi) is 6.80. The third-order valence-electron chi connectivity index (χ3n) is 4.06. The van der Waals surface area contributed by atoms with Gasteiger partial charge in [-0.05, 0) is 24.3 Å². The zero-order valence-electron chi connectivity index (χ0n) is 16.1. The van der Waals surface area contributed by atoms with Crippen molar-refractivity contribution in [2.75, 3.05) is 25.3 Å². The van der Waals surface area contributed by atoms with E-state index in [-0.39, 0.29) is 5.15 Å². The van der Waals surface area contributed by atoms with Crippen LogP contribution in [0.2, 0.25) is 5.15 Å². The standard InChI is InChI=1S/C20H21ClN6O2/c1-28-15-7-6-13(17(9-15)29-2)11-24-20-19(16(22)10-18(21)26-20)27-25-12-14-5-3-4-8-23-14/h3-10H,11-12H2,1-2H3,(H3,22,24,26). The molecular formula is C20H21ClN6O2. The minimum Gasteiger partial charge on any atom is -0.497 e. The highest BCUT2D eigenvalue weighted by Crippen LogP contribution is 2.34. The molecule has 29 heavy (non-hydrogen) atoms. The molecule has 0 aliphatic heterocycles. The van der Waals surface area contributed by atoms with Gasteiger partial charge in [0.15, 0.2) is 11.5 Å². The zero-order valence-corrected chi connectivity index (χ0v) is 16.8. The number of hydrogen-bond donors (Lipinski definition) is 2. The van der Waals surface area contributed by atoms with Crippen molar-refractivity contribution in [1.29, 1.82) is 0 Å². The molecule has 3 aromatic rings. The van der Waals surface area contributed by atoms with Crippen molar-refractivity contribution < 1.29 is 9.47 Å². The van der Waals surface area contributed by atoms with E-state index in [2.05, 4.69) is 25.5 Å². The van der Waals surface area contributed by atoms with E-state index in [1.807, 2.05) is 36.4 Å². The number of nitrogens with zero attached hydrogens (tertiary/aromatic N) is 4. The lowest BCUT2D eigenvalue weighted by atomic mass is 10.2. The lowest BCUT2D eigenvalue weighted by molar-refractivity contribution is 0.391. The molecule has 9 heteroatoms. The molecule has 3 N–H and O–H groups in total. The first-order valence-corrected chi connectivity index (χ1v) is 9.16. The Morgan fingerprint density at radius 3 is 2.72 bits per heavy atom. The lowest BCUT2D eigenvalue weighted by Gasteiger charge is -2.13. The van der Waals surface area contributed by atoms with Crippen LogP contribution in [-0.4, -0.2) is 24.2 Å². The third kappa shape index (κ3) is 5.32. The molecule has 0 bridgehead atoms. The van der Waals surface area contributed by atoms with Crippen LogP contribution in [0, 0.1) is 0 Å². The van der Waals surface area contributed by atoms with Gasteiger partial charge in [-0.25, -0.2) is 4.98 Å². The summed E-state index contributed by atoms with van der Waals surface area (Å²) >= 11 is 6.08. The predicted octanol–water partition coefficient (Wildman–Crippen LogP) is 4.63. The smallest absolute Gasteiger partial charge is 0.158 e. The summed E-state index contributed by atoms with van der Waals surface area (Å²) in [6.45, 7) is 0.747. The number of rotatable bonds is 8. The minimum absolute atomic E-state index is 0.260. The molecule has 150 valence electrons. The molecule has 2 heterocycles. The molecule has 3 rings (SSSR count). The third-order valence-corrected chi connectivity index (χ3v) is 4.25. The summed E-state index contributed by atoms with van der Waals surface area (Å²) in [7, 11) is 3.21. The lowest BCUT2D eigenvalue weighted by Crippen LogP contribution is -2.05. The summed E-state index contributed by atoms with van der Waals surface area (Å²) in [4.78, 5) is 8.52. The van der Waals surface area contributed by atoms with E-state index in [1.54, 1.807) is 20.4 Å². The maximum Gasteiger partial charge on any atom is 0.158 e. The summed E-state index contributed by atoms with van der Waals surface area (Å²) in [6, 6.07) is 12.7. The number of azo groups is 1. The summed E-state index contributed by atoms with van der Waals surface area (Å²) < 4.78 is 10.7. The van der Waals surface area contributed by atoms with E-state index >= 15 is 0 Å². The van der Waals surface area contributed by atoms with Crippen molar-refractivity contribution in [1.82, 2.24) is 9.97 Å². The van der Waals surface area contributed by atoms with Gasteiger partial charge in [-0.2, -0.15) is 5.11 Å². The molecular weight excluding hydrogens is 392 g/mol. The Balaban J connectivity index is 1.80. The van der Waals surface area contributed by atoms with Crippen molar-refractivity contribution in [3.63, 3.8) is 0 Å². The van der Waals surface area contributed by atoms with E-state index < -0.39 is 0 Å². The summed E-state index contributed by atoms with van der Waals surface area (Å²) in [5.41, 5.74) is 8.59. The normalized spacial score (nSPS) is 10.9. The van der Waals surface area contributed by atoms with Crippen molar-refractivity contribution in [3.8, 4) is 11.5 Å². The Morgan fingerprint density at radius 1 is 1.14 bits per heavy atom. The number of benzene rings is 1. The van der Waals surface area contributed by atoms with Gasteiger partial charge in [-0.15, -0.1) is 5.11 Å². The number of halogens is 1. The molecule has 1 aromatic carbocycles. The average Bonchev–Trinajstić information content (AvgIpc) is 2.74. The topological polar surface area (TPSA) is 107 Å². The van der Waals surface area contributed by atoms with Crippen LogP contribution in [0.15, 0.2) is 58.9 Å². The SMILES string of the molecule is COc1ccc(CNc2nc(Cl)cc(N)c2N=NCc2ccccn2)c(OC)c1. The van der Waals surface area contributed by atoms with Crippen LogP contribution in [0.1, 0.15) is 11.3 Å². The van der Waals surface area contributed by atoms with Crippen molar-refractivity contribution in [2.45, 2.75) is 13.1 Å². The van der Waals surface area contributed by atoms with E-state index in [1.165, 1.54) is 6.07 Å². The number of aromatic nitrogens is 2. The second-order valence-corrected chi connectivity index (χ2v) is 6.37. The number of pyridine rings is 2. The Bertz CT molecular complexity index is 998. The number of nitrogens with one attached hydrogen (secondary N) is 1.